The highest BCUT2D eigenvalue weighted by Crippen LogP contribution is 2.26. The largest absolute Gasteiger partial charge is 0.419 e. The number of carbonyl (C=O) groups excluding carboxylic acids is 2. The maximum absolute atomic E-state index is 11.6. The van der Waals surface area contributed by atoms with E-state index in [4.69, 9.17) is 9.47 Å². The first kappa shape index (κ1) is 13.9. The first-order chi connectivity index (χ1) is 9.28. The number of rotatable bonds is 3. The van der Waals surface area contributed by atoms with Gasteiger partial charge in [0.2, 0.25) is 0 Å². The molecule has 1 aliphatic rings. The molecule has 10 heteroatoms. The number of nitrogens with one attached hydrogen (secondary N) is 1. The maximum atomic E-state index is 11.6. The lowest BCUT2D eigenvalue weighted by Crippen LogP contribution is -2.42. The average molecular weight is 299 g/mol. The molecule has 0 aromatic carbocycles. The molecule has 1 fully saturated rings. The molecule has 1 saturated heterocycles. The minimum Gasteiger partial charge on any atom is -0.419 e. The first-order valence-electron chi connectivity index (χ1n) is 5.32. The fraction of sp³-hybridized carbons (Fsp3) is 0.300. The van der Waals surface area contributed by atoms with Crippen molar-refractivity contribution in [2.45, 2.75) is 19.6 Å². The van der Waals surface area contributed by atoms with E-state index in [0.29, 0.717) is 0 Å². The van der Waals surface area contributed by atoms with Gasteiger partial charge in [-0.05, 0) is 11.3 Å². The number of carbonyl (C=O) groups is 2. The second-order valence-corrected chi connectivity index (χ2v) is 5.15. The molecule has 0 bridgehead atoms. The van der Waals surface area contributed by atoms with Gasteiger partial charge in [-0.15, -0.1) is 0 Å². The zero-order valence-corrected chi connectivity index (χ0v) is 11.2. The Labute approximate surface area is 116 Å². The van der Waals surface area contributed by atoms with Crippen molar-refractivity contribution in [2.24, 2.45) is 0 Å². The number of nitro groups is 1. The minimum atomic E-state index is -1.31. The molecule has 1 aromatic rings. The Hall–Kier alpha value is -2.49. The molecule has 106 valence electrons. The van der Waals surface area contributed by atoms with Gasteiger partial charge in [-0.3, -0.25) is 10.1 Å². The van der Waals surface area contributed by atoms with E-state index in [0.717, 1.165) is 23.7 Å². The zero-order chi connectivity index (χ0) is 14.9. The summed E-state index contributed by atoms with van der Waals surface area (Å²) in [6.45, 7) is 2.86. The van der Waals surface area contributed by atoms with E-state index in [1.165, 1.54) is 13.8 Å². The van der Waals surface area contributed by atoms with Crippen LogP contribution in [0, 0.1) is 10.1 Å². The van der Waals surface area contributed by atoms with Gasteiger partial charge in [0.25, 0.3) is 5.79 Å². The van der Waals surface area contributed by atoms with Crippen LogP contribution in [0.5, 0.6) is 0 Å². The van der Waals surface area contributed by atoms with Crippen LogP contribution in [0.3, 0.4) is 0 Å². The van der Waals surface area contributed by atoms with Gasteiger partial charge in [-0.2, -0.15) is 0 Å². The Morgan fingerprint density at radius 2 is 2.00 bits per heavy atom. The third kappa shape index (κ3) is 2.91. The van der Waals surface area contributed by atoms with Gasteiger partial charge in [0.15, 0.2) is 10.7 Å². The van der Waals surface area contributed by atoms with E-state index >= 15 is 0 Å². The molecule has 20 heavy (non-hydrogen) atoms. The zero-order valence-electron chi connectivity index (χ0n) is 10.4. The van der Waals surface area contributed by atoms with Crippen LogP contribution in [-0.2, 0) is 19.1 Å². The fourth-order valence-electron chi connectivity index (χ4n) is 1.33. The van der Waals surface area contributed by atoms with Crippen LogP contribution in [-0.4, -0.2) is 27.6 Å². The van der Waals surface area contributed by atoms with E-state index in [1.54, 1.807) is 0 Å². The lowest BCUT2D eigenvalue weighted by molar-refractivity contribution is -0.380. The topological polar surface area (TPSA) is 121 Å². The molecule has 1 aliphatic heterocycles. The smallest absolute Gasteiger partial charge is 0.350 e. The third-order valence-corrected chi connectivity index (χ3v) is 3.01. The predicted molar refractivity (Wildman–Crippen MR) is 66.7 cm³/mol. The van der Waals surface area contributed by atoms with E-state index in [2.05, 4.69) is 10.3 Å². The number of hydrogen-bond donors (Lipinski definition) is 1. The summed E-state index contributed by atoms with van der Waals surface area (Å²) in [4.78, 5) is 36.8. The van der Waals surface area contributed by atoms with Crippen molar-refractivity contribution in [3.05, 3.63) is 28.1 Å². The molecule has 2 rings (SSSR count). The highest BCUT2D eigenvalue weighted by Gasteiger charge is 2.39. The molecule has 1 aromatic heterocycles. The first-order valence-corrected chi connectivity index (χ1v) is 6.14. The van der Waals surface area contributed by atoms with Crippen molar-refractivity contribution >= 4 is 33.4 Å². The van der Waals surface area contributed by atoms with Gasteiger partial charge in [0, 0.05) is 20.0 Å². The standard InChI is InChI=1S/C10H9N3O6S/c1-10(2)18-7(14)5(8(15)19-10)3-11-9-12-4-6(20-9)13(16)17/h3-4H,1-2H3,(H,11,12). The number of anilines is 1. The second kappa shape index (κ2) is 4.89. The molecule has 9 nitrogen and oxygen atoms in total. The summed E-state index contributed by atoms with van der Waals surface area (Å²) in [7, 11) is 0. The summed E-state index contributed by atoms with van der Waals surface area (Å²) in [6, 6.07) is 0. The monoisotopic (exact) mass is 299 g/mol. The lowest BCUT2D eigenvalue weighted by Gasteiger charge is -2.29. The van der Waals surface area contributed by atoms with Gasteiger partial charge < -0.3 is 14.8 Å². The number of nitrogens with zero attached hydrogens (tertiary/aromatic N) is 2. The van der Waals surface area contributed by atoms with Crippen molar-refractivity contribution in [1.29, 1.82) is 0 Å². The van der Waals surface area contributed by atoms with E-state index in [1.807, 2.05) is 0 Å². The van der Waals surface area contributed by atoms with Crippen molar-refractivity contribution in [3.63, 3.8) is 0 Å². The van der Waals surface area contributed by atoms with Gasteiger partial charge in [-0.25, -0.2) is 14.6 Å². The molecule has 0 saturated carbocycles. The number of thiazole rings is 1. The second-order valence-electron chi connectivity index (χ2n) is 4.14. The number of hydrogen-bond acceptors (Lipinski definition) is 9. The number of esters is 2. The fourth-order valence-corrected chi connectivity index (χ4v) is 1.93. The quantitative estimate of drug-likeness (QED) is 0.290. The molecule has 2 heterocycles. The van der Waals surface area contributed by atoms with Crippen molar-refractivity contribution in [1.82, 2.24) is 4.98 Å². The van der Waals surface area contributed by atoms with Crippen LogP contribution in [0.15, 0.2) is 18.0 Å². The molecule has 0 aliphatic carbocycles. The van der Waals surface area contributed by atoms with Gasteiger partial charge in [0.05, 0.1) is 4.92 Å². The Morgan fingerprint density at radius 1 is 1.40 bits per heavy atom. The number of ether oxygens (including phenoxy) is 2. The SMILES string of the molecule is CC1(C)OC(=O)C(=CNc2ncc([N+](=O)[O-])s2)C(=O)O1. The van der Waals surface area contributed by atoms with E-state index in [9.17, 15) is 19.7 Å². The summed E-state index contributed by atoms with van der Waals surface area (Å²) < 4.78 is 9.75. The summed E-state index contributed by atoms with van der Waals surface area (Å²) in [5.41, 5.74) is -0.345. The molecule has 0 spiro atoms. The molecule has 0 unspecified atom stereocenters. The van der Waals surface area contributed by atoms with Crippen molar-refractivity contribution in [3.8, 4) is 0 Å². The summed E-state index contributed by atoms with van der Waals surface area (Å²) in [6.07, 6.45) is 2.11. The molecule has 0 atom stereocenters. The van der Waals surface area contributed by atoms with Crippen LogP contribution >= 0.6 is 11.3 Å². The lowest BCUT2D eigenvalue weighted by atomic mass is 10.2. The van der Waals surface area contributed by atoms with E-state index < -0.39 is 22.6 Å². The number of aromatic nitrogens is 1. The molecule has 0 amide bonds. The van der Waals surface area contributed by atoms with Crippen LogP contribution in [0.4, 0.5) is 10.1 Å². The highest BCUT2D eigenvalue weighted by atomic mass is 32.1. The highest BCUT2D eigenvalue weighted by molar-refractivity contribution is 7.18. The molecule has 1 N–H and O–H groups in total. The maximum Gasteiger partial charge on any atom is 0.350 e. The average Bonchev–Trinajstić information content (AvgIpc) is 2.75. The van der Waals surface area contributed by atoms with Crippen LogP contribution in [0.1, 0.15) is 13.8 Å². The van der Waals surface area contributed by atoms with Crippen LogP contribution < -0.4 is 5.32 Å². The molecular weight excluding hydrogens is 290 g/mol. The molecular formula is C10H9N3O6S. The Bertz CT molecular complexity index is 598. The van der Waals surface area contributed by atoms with Crippen LogP contribution in [0.2, 0.25) is 0 Å². The van der Waals surface area contributed by atoms with Crippen LogP contribution in [0.25, 0.3) is 0 Å². The normalized spacial score (nSPS) is 17.2. The third-order valence-electron chi connectivity index (χ3n) is 2.13. The van der Waals surface area contributed by atoms with E-state index in [-0.39, 0.29) is 15.7 Å². The summed E-state index contributed by atoms with van der Waals surface area (Å²) >= 11 is 0.762. The predicted octanol–water partition coefficient (Wildman–Crippen LogP) is 1.18. The van der Waals surface area contributed by atoms with Crippen molar-refractivity contribution in [2.75, 3.05) is 5.32 Å². The molecule has 0 radical (unpaired) electrons. The van der Waals surface area contributed by atoms with Gasteiger partial charge in [-0.1, -0.05) is 0 Å². The number of cyclic esters (lactones) is 2. The summed E-state index contributed by atoms with van der Waals surface area (Å²) in [5, 5.41) is 13.0. The Morgan fingerprint density at radius 3 is 2.50 bits per heavy atom. The van der Waals surface area contributed by atoms with Gasteiger partial charge >= 0.3 is 16.9 Å². The van der Waals surface area contributed by atoms with Crippen molar-refractivity contribution < 1.29 is 24.0 Å². The van der Waals surface area contributed by atoms with Gasteiger partial charge in [0.1, 0.15) is 6.20 Å². The minimum absolute atomic E-state index is 0.162. The summed E-state index contributed by atoms with van der Waals surface area (Å²) in [5.74, 6) is -3.00. The Balaban J connectivity index is 2.12. The Kier molecular flexibility index (Phi) is 3.40.